The number of anilines is 2. The molecule has 168 valence electrons. The molecule has 0 saturated carbocycles. The lowest BCUT2D eigenvalue weighted by atomic mass is 10.1. The highest BCUT2D eigenvalue weighted by Gasteiger charge is 2.21. The lowest BCUT2D eigenvalue weighted by Gasteiger charge is -2.29. The molecule has 0 aliphatic carbocycles. The van der Waals surface area contributed by atoms with Crippen LogP contribution in [-0.2, 0) is 26.0 Å². The van der Waals surface area contributed by atoms with E-state index in [0.717, 1.165) is 24.5 Å². The van der Waals surface area contributed by atoms with Gasteiger partial charge in [-0.2, -0.15) is 4.31 Å². The SMILES string of the molecule is CCN(CC)S(=O)(=O)c1ccc(CCC(=O)Nc2cccnc2N2CCOCC2)cc1. The molecular weight excluding hydrogens is 416 g/mol. The topological polar surface area (TPSA) is 91.8 Å². The molecule has 3 rings (SSSR count). The molecule has 9 heteroatoms. The summed E-state index contributed by atoms with van der Waals surface area (Å²) in [6.45, 7) is 7.27. The Bertz CT molecular complexity index is 969. The lowest BCUT2D eigenvalue weighted by molar-refractivity contribution is -0.116. The Balaban J connectivity index is 1.59. The Morgan fingerprint density at radius 2 is 1.81 bits per heavy atom. The number of ether oxygens (including phenoxy) is 1. The van der Waals surface area contributed by atoms with Crippen LogP contribution in [0.25, 0.3) is 0 Å². The number of nitrogens with zero attached hydrogens (tertiary/aromatic N) is 3. The number of pyridine rings is 1. The van der Waals surface area contributed by atoms with Crippen molar-refractivity contribution in [1.29, 1.82) is 0 Å². The Hall–Kier alpha value is -2.49. The smallest absolute Gasteiger partial charge is 0.243 e. The first-order valence-corrected chi connectivity index (χ1v) is 12.1. The molecule has 8 nitrogen and oxygen atoms in total. The zero-order chi connectivity index (χ0) is 22.3. The highest BCUT2D eigenvalue weighted by Crippen LogP contribution is 2.24. The minimum absolute atomic E-state index is 0.109. The number of amides is 1. The first kappa shape index (κ1) is 23.2. The average Bonchev–Trinajstić information content (AvgIpc) is 2.79. The Morgan fingerprint density at radius 1 is 1.13 bits per heavy atom. The molecule has 1 amide bonds. The van der Waals surface area contributed by atoms with Crippen molar-refractivity contribution < 1.29 is 17.9 Å². The summed E-state index contributed by atoms with van der Waals surface area (Å²) < 4.78 is 32.0. The van der Waals surface area contributed by atoms with Crippen LogP contribution in [0.1, 0.15) is 25.8 Å². The van der Waals surface area contributed by atoms with Crippen molar-refractivity contribution in [3.05, 3.63) is 48.2 Å². The first-order chi connectivity index (χ1) is 15.0. The standard InChI is InChI=1S/C22H30N4O4S/c1-3-26(4-2)31(28,29)19-10-7-18(8-11-19)9-12-21(27)24-20-6-5-13-23-22(20)25-14-16-30-17-15-25/h5-8,10-11,13H,3-4,9,12,14-17H2,1-2H3,(H,24,27). The van der Waals surface area contributed by atoms with Gasteiger partial charge in [-0.05, 0) is 36.2 Å². The first-order valence-electron chi connectivity index (χ1n) is 10.6. The number of hydrogen-bond donors (Lipinski definition) is 1. The van der Waals surface area contributed by atoms with E-state index in [1.807, 2.05) is 19.9 Å². The quantitative estimate of drug-likeness (QED) is 0.636. The summed E-state index contributed by atoms with van der Waals surface area (Å²) in [7, 11) is -3.47. The van der Waals surface area contributed by atoms with Gasteiger partial charge < -0.3 is 15.0 Å². The number of nitrogens with one attached hydrogen (secondary N) is 1. The molecule has 1 N–H and O–H groups in total. The van der Waals surface area contributed by atoms with Crippen molar-refractivity contribution >= 4 is 27.4 Å². The molecule has 1 aliphatic heterocycles. The third-order valence-electron chi connectivity index (χ3n) is 5.28. The van der Waals surface area contributed by atoms with Gasteiger partial charge in [-0.3, -0.25) is 4.79 Å². The maximum absolute atomic E-state index is 12.6. The maximum Gasteiger partial charge on any atom is 0.243 e. The summed E-state index contributed by atoms with van der Waals surface area (Å²) >= 11 is 0. The van der Waals surface area contributed by atoms with E-state index in [0.29, 0.717) is 44.8 Å². The van der Waals surface area contributed by atoms with E-state index >= 15 is 0 Å². The summed E-state index contributed by atoms with van der Waals surface area (Å²) in [5.74, 6) is 0.646. The van der Waals surface area contributed by atoms with Crippen LogP contribution < -0.4 is 10.2 Å². The van der Waals surface area contributed by atoms with Crippen LogP contribution in [0, 0.1) is 0 Å². The molecule has 2 heterocycles. The minimum Gasteiger partial charge on any atom is -0.378 e. The van der Waals surface area contributed by atoms with Crippen LogP contribution in [0.15, 0.2) is 47.5 Å². The molecule has 1 aliphatic rings. The number of benzene rings is 1. The van der Waals surface area contributed by atoms with Gasteiger partial charge in [-0.25, -0.2) is 13.4 Å². The number of aromatic nitrogens is 1. The molecule has 2 aromatic rings. The van der Waals surface area contributed by atoms with Crippen molar-refractivity contribution in [2.45, 2.75) is 31.6 Å². The van der Waals surface area contributed by atoms with Crippen molar-refractivity contribution in [3.63, 3.8) is 0 Å². The van der Waals surface area contributed by atoms with Crippen molar-refractivity contribution in [2.24, 2.45) is 0 Å². The zero-order valence-electron chi connectivity index (χ0n) is 18.1. The molecular formula is C22H30N4O4S. The van der Waals surface area contributed by atoms with Gasteiger partial charge in [0.15, 0.2) is 5.82 Å². The van der Waals surface area contributed by atoms with E-state index in [1.165, 1.54) is 4.31 Å². The van der Waals surface area contributed by atoms with E-state index in [9.17, 15) is 13.2 Å². The summed E-state index contributed by atoms with van der Waals surface area (Å²) in [5, 5.41) is 2.96. The second-order valence-electron chi connectivity index (χ2n) is 7.26. The molecule has 0 radical (unpaired) electrons. The number of rotatable bonds is 9. The van der Waals surface area contributed by atoms with Gasteiger partial charge >= 0.3 is 0 Å². The zero-order valence-corrected chi connectivity index (χ0v) is 18.9. The number of aryl methyl sites for hydroxylation is 1. The number of carbonyl (C=O) groups is 1. The summed E-state index contributed by atoms with van der Waals surface area (Å²) in [5.41, 5.74) is 1.60. The van der Waals surface area contributed by atoms with Crippen molar-refractivity contribution in [3.8, 4) is 0 Å². The van der Waals surface area contributed by atoms with E-state index < -0.39 is 10.0 Å². The van der Waals surface area contributed by atoms with Gasteiger partial charge in [0.25, 0.3) is 0 Å². The minimum atomic E-state index is -3.47. The number of carbonyl (C=O) groups excluding carboxylic acids is 1. The fourth-order valence-electron chi connectivity index (χ4n) is 3.53. The fourth-order valence-corrected chi connectivity index (χ4v) is 4.99. The van der Waals surface area contributed by atoms with Crippen LogP contribution in [0.2, 0.25) is 0 Å². The summed E-state index contributed by atoms with van der Waals surface area (Å²) in [6.07, 6.45) is 2.53. The van der Waals surface area contributed by atoms with Gasteiger partial charge in [-0.15, -0.1) is 0 Å². The third kappa shape index (κ3) is 5.81. The second kappa shape index (κ2) is 10.7. The number of morpholine rings is 1. The molecule has 0 atom stereocenters. The van der Waals surface area contributed by atoms with Gasteiger partial charge in [0, 0.05) is 38.8 Å². The molecule has 1 fully saturated rings. The summed E-state index contributed by atoms with van der Waals surface area (Å²) in [4.78, 5) is 19.3. The van der Waals surface area contributed by atoms with Crippen LogP contribution >= 0.6 is 0 Å². The third-order valence-corrected chi connectivity index (χ3v) is 7.34. The monoisotopic (exact) mass is 446 g/mol. The molecule has 1 aromatic heterocycles. The van der Waals surface area contributed by atoms with Crippen LogP contribution in [0.3, 0.4) is 0 Å². The normalized spacial score (nSPS) is 14.6. The Morgan fingerprint density at radius 3 is 2.45 bits per heavy atom. The largest absolute Gasteiger partial charge is 0.378 e. The number of sulfonamides is 1. The Labute approximate surface area is 184 Å². The van der Waals surface area contributed by atoms with Crippen LogP contribution in [-0.4, -0.2) is 63.0 Å². The fraction of sp³-hybridized carbons (Fsp3) is 0.455. The summed E-state index contributed by atoms with van der Waals surface area (Å²) in [6, 6.07) is 10.4. The number of hydrogen-bond acceptors (Lipinski definition) is 6. The molecule has 1 saturated heterocycles. The maximum atomic E-state index is 12.6. The van der Waals surface area contributed by atoms with Crippen molar-refractivity contribution in [1.82, 2.24) is 9.29 Å². The molecule has 0 spiro atoms. The highest BCUT2D eigenvalue weighted by molar-refractivity contribution is 7.89. The van der Waals surface area contributed by atoms with Crippen LogP contribution in [0.4, 0.5) is 11.5 Å². The molecule has 0 bridgehead atoms. The predicted molar refractivity (Wildman–Crippen MR) is 121 cm³/mol. The van der Waals surface area contributed by atoms with E-state index in [2.05, 4.69) is 15.2 Å². The van der Waals surface area contributed by atoms with Crippen molar-refractivity contribution in [2.75, 3.05) is 49.6 Å². The highest BCUT2D eigenvalue weighted by atomic mass is 32.2. The molecule has 1 aromatic carbocycles. The van der Waals surface area contributed by atoms with Gasteiger partial charge in [-0.1, -0.05) is 26.0 Å². The van der Waals surface area contributed by atoms with E-state index in [4.69, 9.17) is 4.74 Å². The molecule has 31 heavy (non-hydrogen) atoms. The van der Waals surface area contributed by atoms with Gasteiger partial charge in [0.05, 0.1) is 23.8 Å². The van der Waals surface area contributed by atoms with E-state index in [-0.39, 0.29) is 10.8 Å². The van der Waals surface area contributed by atoms with E-state index in [1.54, 1.807) is 36.5 Å². The average molecular weight is 447 g/mol. The van der Waals surface area contributed by atoms with Gasteiger partial charge in [0.1, 0.15) is 0 Å². The molecule has 0 unspecified atom stereocenters. The lowest BCUT2D eigenvalue weighted by Crippen LogP contribution is -2.37. The second-order valence-corrected chi connectivity index (χ2v) is 9.19. The van der Waals surface area contributed by atoms with Crippen LogP contribution in [0.5, 0.6) is 0 Å². The Kier molecular flexibility index (Phi) is 8.00. The van der Waals surface area contributed by atoms with Gasteiger partial charge in [0.2, 0.25) is 15.9 Å². The predicted octanol–water partition coefficient (Wildman–Crippen LogP) is 2.52.